The van der Waals surface area contributed by atoms with E-state index in [0.717, 1.165) is 6.42 Å². The molecule has 2 atom stereocenters. The number of ether oxygens (including phenoxy) is 2. The van der Waals surface area contributed by atoms with Gasteiger partial charge in [-0.05, 0) is 17.5 Å². The second-order valence-electron chi connectivity index (χ2n) is 5.17. The second-order valence-corrected chi connectivity index (χ2v) is 7.17. The highest BCUT2D eigenvalue weighted by molar-refractivity contribution is 7.91. The first kappa shape index (κ1) is 12.7. The van der Waals surface area contributed by atoms with Gasteiger partial charge in [-0.25, -0.2) is 8.42 Å². The number of benzene rings is 1. The maximum Gasteiger partial charge on any atom is 0.179 e. The third-order valence-corrected chi connectivity index (χ3v) is 5.66. The molecule has 6 heteroatoms. The van der Waals surface area contributed by atoms with Gasteiger partial charge in [0, 0.05) is 18.5 Å². The molecule has 0 amide bonds. The molecule has 3 rings (SSSR count). The molecule has 2 heterocycles. The van der Waals surface area contributed by atoms with Crippen molar-refractivity contribution in [3.05, 3.63) is 17.7 Å². The van der Waals surface area contributed by atoms with E-state index in [-0.39, 0.29) is 17.7 Å². The molecule has 0 fully saturated rings. The van der Waals surface area contributed by atoms with E-state index >= 15 is 0 Å². The van der Waals surface area contributed by atoms with E-state index in [1.165, 1.54) is 0 Å². The smallest absolute Gasteiger partial charge is 0.179 e. The lowest BCUT2D eigenvalue weighted by Crippen LogP contribution is -2.32. The Balaban J connectivity index is 2.19. The largest absolute Gasteiger partial charge is 0.490 e. The minimum atomic E-state index is -3.29. The van der Waals surface area contributed by atoms with Gasteiger partial charge in [-0.3, -0.25) is 0 Å². The highest BCUT2D eigenvalue weighted by Crippen LogP contribution is 2.41. The summed E-state index contributed by atoms with van der Waals surface area (Å²) in [5.74, 6) is 1.08. The molecule has 2 unspecified atom stereocenters. The van der Waals surface area contributed by atoms with E-state index in [4.69, 9.17) is 15.2 Å². The normalized spacial score (nSPS) is 28.3. The zero-order valence-corrected chi connectivity index (χ0v) is 11.6. The fourth-order valence-corrected chi connectivity index (χ4v) is 4.50. The lowest BCUT2D eigenvalue weighted by molar-refractivity contribution is 0.296. The first-order valence-corrected chi connectivity index (χ1v) is 8.06. The topological polar surface area (TPSA) is 78.6 Å². The van der Waals surface area contributed by atoms with E-state index in [2.05, 4.69) is 0 Å². The summed E-state index contributed by atoms with van der Waals surface area (Å²) < 4.78 is 35.6. The molecule has 1 aromatic carbocycles. The van der Waals surface area contributed by atoms with Gasteiger partial charge in [0.1, 0.15) is 0 Å². The van der Waals surface area contributed by atoms with Crippen molar-refractivity contribution in [1.82, 2.24) is 0 Å². The summed E-state index contributed by atoms with van der Waals surface area (Å²) in [7, 11) is -3.29. The highest BCUT2D eigenvalue weighted by atomic mass is 32.2. The van der Waals surface area contributed by atoms with Gasteiger partial charge in [0.05, 0.1) is 23.9 Å². The SMILES string of the molecule is CC1CS(=O)(=O)c2cc3c(cc2C1N)OCCCO3. The van der Waals surface area contributed by atoms with Gasteiger partial charge in [-0.1, -0.05) is 6.92 Å². The third-order valence-electron chi connectivity index (χ3n) is 3.67. The van der Waals surface area contributed by atoms with Crippen LogP contribution in [0.15, 0.2) is 17.0 Å². The molecule has 0 saturated carbocycles. The van der Waals surface area contributed by atoms with Crippen LogP contribution in [0.1, 0.15) is 24.9 Å². The van der Waals surface area contributed by atoms with Crippen LogP contribution in [0.5, 0.6) is 11.5 Å². The van der Waals surface area contributed by atoms with E-state index in [9.17, 15) is 8.42 Å². The Labute approximate surface area is 112 Å². The van der Waals surface area contributed by atoms with Gasteiger partial charge in [0.15, 0.2) is 21.3 Å². The Bertz CT molecular complexity index is 611. The van der Waals surface area contributed by atoms with Gasteiger partial charge in [-0.2, -0.15) is 0 Å². The summed E-state index contributed by atoms with van der Waals surface area (Å²) in [4.78, 5) is 0.294. The summed E-state index contributed by atoms with van der Waals surface area (Å²) in [5, 5.41) is 0. The second kappa shape index (κ2) is 4.38. The van der Waals surface area contributed by atoms with Crippen LogP contribution in [0.25, 0.3) is 0 Å². The van der Waals surface area contributed by atoms with Gasteiger partial charge >= 0.3 is 0 Å². The molecule has 0 aromatic heterocycles. The summed E-state index contributed by atoms with van der Waals surface area (Å²) in [6.45, 7) is 2.96. The average molecular weight is 283 g/mol. The van der Waals surface area contributed by atoms with Crippen LogP contribution in [0.4, 0.5) is 0 Å². The number of rotatable bonds is 0. The van der Waals surface area contributed by atoms with Gasteiger partial charge in [0.2, 0.25) is 0 Å². The quantitative estimate of drug-likeness (QED) is 0.775. The van der Waals surface area contributed by atoms with Crippen molar-refractivity contribution < 1.29 is 17.9 Å². The van der Waals surface area contributed by atoms with E-state index in [1.807, 2.05) is 6.92 Å². The summed E-state index contributed by atoms with van der Waals surface area (Å²) >= 11 is 0. The number of nitrogens with two attached hydrogens (primary N) is 1. The van der Waals surface area contributed by atoms with Crippen LogP contribution in [-0.4, -0.2) is 27.4 Å². The van der Waals surface area contributed by atoms with Crippen molar-refractivity contribution >= 4 is 9.84 Å². The Morgan fingerprint density at radius 3 is 2.53 bits per heavy atom. The fraction of sp³-hybridized carbons (Fsp3) is 0.538. The van der Waals surface area contributed by atoms with E-state index in [1.54, 1.807) is 12.1 Å². The first-order chi connectivity index (χ1) is 8.99. The van der Waals surface area contributed by atoms with Crippen molar-refractivity contribution in [2.75, 3.05) is 19.0 Å². The lowest BCUT2D eigenvalue weighted by atomic mass is 9.96. The molecule has 0 saturated heterocycles. The number of fused-ring (bicyclic) bond motifs is 2. The Morgan fingerprint density at radius 1 is 1.21 bits per heavy atom. The highest BCUT2D eigenvalue weighted by Gasteiger charge is 2.35. The van der Waals surface area contributed by atoms with Crippen LogP contribution >= 0.6 is 0 Å². The molecule has 0 bridgehead atoms. The van der Waals surface area contributed by atoms with Crippen molar-refractivity contribution in [3.63, 3.8) is 0 Å². The zero-order valence-electron chi connectivity index (χ0n) is 10.8. The summed E-state index contributed by atoms with van der Waals surface area (Å²) in [6, 6.07) is 3.01. The Morgan fingerprint density at radius 2 is 1.84 bits per heavy atom. The molecule has 2 aliphatic rings. The minimum Gasteiger partial charge on any atom is -0.490 e. The molecule has 0 radical (unpaired) electrons. The summed E-state index contributed by atoms with van der Waals surface area (Å²) in [5.41, 5.74) is 6.76. The molecule has 2 N–H and O–H groups in total. The average Bonchev–Trinajstić information content (AvgIpc) is 2.58. The molecule has 104 valence electrons. The minimum absolute atomic E-state index is 0.0841. The van der Waals surface area contributed by atoms with Crippen LogP contribution in [0, 0.1) is 5.92 Å². The number of hydrogen-bond donors (Lipinski definition) is 1. The van der Waals surface area contributed by atoms with E-state index in [0.29, 0.717) is 35.2 Å². The standard InChI is InChI=1S/C13H17NO4S/c1-8-7-19(15,16)12-6-11-10(5-9(12)13(8)14)17-3-2-4-18-11/h5-6,8,13H,2-4,7,14H2,1H3. The van der Waals surface area contributed by atoms with Crippen molar-refractivity contribution in [2.24, 2.45) is 11.7 Å². The maximum absolute atomic E-state index is 12.2. The Kier molecular flexibility index (Phi) is 2.94. The zero-order chi connectivity index (χ0) is 13.6. The molecule has 0 spiro atoms. The molecular formula is C13H17NO4S. The molecule has 0 aliphatic carbocycles. The van der Waals surface area contributed by atoms with Crippen LogP contribution in [0.3, 0.4) is 0 Å². The molecule has 19 heavy (non-hydrogen) atoms. The van der Waals surface area contributed by atoms with Crippen molar-refractivity contribution in [1.29, 1.82) is 0 Å². The van der Waals surface area contributed by atoms with Crippen LogP contribution in [-0.2, 0) is 9.84 Å². The first-order valence-electron chi connectivity index (χ1n) is 6.41. The molecular weight excluding hydrogens is 266 g/mol. The molecule has 2 aliphatic heterocycles. The molecule has 5 nitrogen and oxygen atoms in total. The lowest BCUT2D eigenvalue weighted by Gasteiger charge is -2.29. The van der Waals surface area contributed by atoms with E-state index < -0.39 is 9.84 Å². The number of sulfone groups is 1. The fourth-order valence-electron chi connectivity index (χ4n) is 2.58. The maximum atomic E-state index is 12.2. The molecule has 1 aromatic rings. The Hall–Kier alpha value is -1.27. The van der Waals surface area contributed by atoms with Gasteiger partial charge in [-0.15, -0.1) is 0 Å². The monoisotopic (exact) mass is 283 g/mol. The number of hydrogen-bond acceptors (Lipinski definition) is 5. The van der Waals surface area contributed by atoms with Gasteiger partial charge in [0.25, 0.3) is 0 Å². The van der Waals surface area contributed by atoms with Gasteiger partial charge < -0.3 is 15.2 Å². The van der Waals surface area contributed by atoms with Crippen LogP contribution < -0.4 is 15.2 Å². The van der Waals surface area contributed by atoms with Crippen molar-refractivity contribution in [3.8, 4) is 11.5 Å². The predicted molar refractivity (Wildman–Crippen MR) is 70.2 cm³/mol. The van der Waals surface area contributed by atoms with Crippen LogP contribution in [0.2, 0.25) is 0 Å². The van der Waals surface area contributed by atoms with Crippen molar-refractivity contribution in [2.45, 2.75) is 24.3 Å². The summed E-state index contributed by atoms with van der Waals surface area (Å²) in [6.07, 6.45) is 0.786. The third kappa shape index (κ3) is 2.08. The predicted octanol–water partition coefficient (Wildman–Crippen LogP) is 1.27.